The number of amides is 1. The van der Waals surface area contributed by atoms with Gasteiger partial charge in [-0.1, -0.05) is 26.7 Å². The molecule has 0 atom stereocenters. The van der Waals surface area contributed by atoms with Crippen LogP contribution in [0.25, 0.3) is 0 Å². The van der Waals surface area contributed by atoms with Crippen molar-refractivity contribution in [1.29, 1.82) is 0 Å². The summed E-state index contributed by atoms with van der Waals surface area (Å²) in [5, 5.41) is 10.5. The summed E-state index contributed by atoms with van der Waals surface area (Å²) in [7, 11) is 1.81. The van der Waals surface area contributed by atoms with Crippen LogP contribution in [0, 0.1) is 5.92 Å². The predicted octanol–water partition coefficient (Wildman–Crippen LogP) is 2.20. The Balaban J connectivity index is 2.54. The molecule has 0 aliphatic carbocycles. The number of likely N-dealkylation sites (N-methyl/N-ethyl adjacent to an activating group) is 1. The maximum absolute atomic E-state index is 12.4. The SMILES string of the molecule is CCCC(CCC)C(=O)N(C)CC1(O)CCOCC1. The molecular weight excluding hydrogens is 242 g/mol. The van der Waals surface area contributed by atoms with E-state index in [0.29, 0.717) is 32.6 Å². The van der Waals surface area contributed by atoms with Crippen LogP contribution in [0.4, 0.5) is 0 Å². The fraction of sp³-hybridized carbons (Fsp3) is 0.933. The van der Waals surface area contributed by atoms with E-state index >= 15 is 0 Å². The highest BCUT2D eigenvalue weighted by atomic mass is 16.5. The molecule has 0 radical (unpaired) electrons. The smallest absolute Gasteiger partial charge is 0.225 e. The topological polar surface area (TPSA) is 49.8 Å². The van der Waals surface area contributed by atoms with E-state index in [1.165, 1.54) is 0 Å². The van der Waals surface area contributed by atoms with E-state index in [2.05, 4.69) is 13.8 Å². The highest BCUT2D eigenvalue weighted by Gasteiger charge is 2.33. The van der Waals surface area contributed by atoms with Crippen molar-refractivity contribution in [1.82, 2.24) is 4.90 Å². The monoisotopic (exact) mass is 271 g/mol. The third kappa shape index (κ3) is 5.11. The van der Waals surface area contributed by atoms with Crippen LogP contribution in [-0.4, -0.2) is 48.3 Å². The van der Waals surface area contributed by atoms with Crippen molar-refractivity contribution in [3.05, 3.63) is 0 Å². The van der Waals surface area contributed by atoms with Crippen LogP contribution in [0.15, 0.2) is 0 Å². The quantitative estimate of drug-likeness (QED) is 0.772. The lowest BCUT2D eigenvalue weighted by molar-refractivity contribution is -0.141. The van der Waals surface area contributed by atoms with Crippen molar-refractivity contribution in [2.45, 2.75) is 58.0 Å². The van der Waals surface area contributed by atoms with Gasteiger partial charge in [-0.05, 0) is 12.8 Å². The molecule has 0 aromatic carbocycles. The van der Waals surface area contributed by atoms with E-state index < -0.39 is 5.60 Å². The third-order valence-electron chi connectivity index (χ3n) is 3.95. The predicted molar refractivity (Wildman–Crippen MR) is 75.9 cm³/mol. The number of rotatable bonds is 7. The molecular formula is C15H29NO3. The summed E-state index contributed by atoms with van der Waals surface area (Å²) >= 11 is 0. The van der Waals surface area contributed by atoms with Crippen LogP contribution in [0.5, 0.6) is 0 Å². The van der Waals surface area contributed by atoms with E-state index in [4.69, 9.17) is 4.74 Å². The first-order valence-corrected chi connectivity index (χ1v) is 7.57. The molecule has 0 aromatic rings. The Kier molecular flexibility index (Phi) is 6.80. The lowest BCUT2D eigenvalue weighted by atomic mass is 9.92. The van der Waals surface area contributed by atoms with E-state index in [1.807, 2.05) is 7.05 Å². The number of hydrogen-bond acceptors (Lipinski definition) is 3. The van der Waals surface area contributed by atoms with Gasteiger partial charge in [0.05, 0.1) is 5.60 Å². The molecule has 112 valence electrons. The number of hydrogen-bond donors (Lipinski definition) is 1. The van der Waals surface area contributed by atoms with Gasteiger partial charge in [0.15, 0.2) is 0 Å². The minimum atomic E-state index is -0.758. The van der Waals surface area contributed by atoms with Gasteiger partial charge in [-0.2, -0.15) is 0 Å². The molecule has 1 amide bonds. The van der Waals surface area contributed by atoms with Crippen molar-refractivity contribution < 1.29 is 14.6 Å². The fourth-order valence-corrected chi connectivity index (χ4v) is 2.83. The van der Waals surface area contributed by atoms with Gasteiger partial charge in [-0.3, -0.25) is 4.79 Å². The summed E-state index contributed by atoms with van der Waals surface area (Å²) in [5.74, 6) is 0.298. The second-order valence-electron chi connectivity index (χ2n) is 5.81. The Morgan fingerprint density at radius 2 is 1.79 bits per heavy atom. The summed E-state index contributed by atoms with van der Waals surface area (Å²) in [4.78, 5) is 14.1. The zero-order valence-electron chi connectivity index (χ0n) is 12.7. The molecule has 1 aliphatic rings. The first-order valence-electron chi connectivity index (χ1n) is 7.57. The molecule has 1 saturated heterocycles. The molecule has 1 fully saturated rings. The fourth-order valence-electron chi connectivity index (χ4n) is 2.83. The molecule has 0 saturated carbocycles. The Hall–Kier alpha value is -0.610. The molecule has 1 rings (SSSR count). The lowest BCUT2D eigenvalue weighted by Gasteiger charge is -2.36. The van der Waals surface area contributed by atoms with Gasteiger partial charge in [0.25, 0.3) is 0 Å². The summed E-state index contributed by atoms with van der Waals surface area (Å²) in [6, 6.07) is 0. The van der Waals surface area contributed by atoms with Crippen LogP contribution in [0.3, 0.4) is 0 Å². The first kappa shape index (κ1) is 16.4. The Morgan fingerprint density at radius 1 is 1.26 bits per heavy atom. The molecule has 0 unspecified atom stereocenters. The van der Waals surface area contributed by atoms with Gasteiger partial charge < -0.3 is 14.7 Å². The molecule has 0 spiro atoms. The average molecular weight is 271 g/mol. The van der Waals surface area contributed by atoms with Crippen molar-refractivity contribution in [2.24, 2.45) is 5.92 Å². The Labute approximate surface area is 117 Å². The van der Waals surface area contributed by atoms with Crippen molar-refractivity contribution in [3.63, 3.8) is 0 Å². The van der Waals surface area contributed by atoms with Crippen LogP contribution in [-0.2, 0) is 9.53 Å². The maximum atomic E-state index is 12.4. The second kappa shape index (κ2) is 7.85. The number of carbonyl (C=O) groups excluding carboxylic acids is 1. The lowest BCUT2D eigenvalue weighted by Crippen LogP contribution is -2.48. The maximum Gasteiger partial charge on any atom is 0.225 e. The first-order chi connectivity index (χ1) is 9.02. The van der Waals surface area contributed by atoms with Crippen LogP contribution in [0.2, 0.25) is 0 Å². The Bertz CT molecular complexity index is 269. The van der Waals surface area contributed by atoms with E-state index in [9.17, 15) is 9.90 Å². The van der Waals surface area contributed by atoms with Gasteiger partial charge in [0.2, 0.25) is 5.91 Å². The van der Waals surface area contributed by atoms with Gasteiger partial charge in [0, 0.05) is 45.6 Å². The summed E-state index contributed by atoms with van der Waals surface area (Å²) in [5.41, 5.74) is -0.758. The number of carbonyl (C=O) groups is 1. The standard InChI is InChI=1S/C15H29NO3/c1-4-6-13(7-5-2)14(17)16(3)12-15(18)8-10-19-11-9-15/h13,18H,4-12H2,1-3H3. The summed E-state index contributed by atoms with van der Waals surface area (Å²) in [6.45, 7) is 5.83. The molecule has 1 aliphatic heterocycles. The van der Waals surface area contributed by atoms with Crippen molar-refractivity contribution >= 4 is 5.91 Å². The largest absolute Gasteiger partial charge is 0.388 e. The molecule has 4 heteroatoms. The minimum Gasteiger partial charge on any atom is -0.388 e. The van der Waals surface area contributed by atoms with E-state index in [1.54, 1.807) is 4.90 Å². The van der Waals surface area contributed by atoms with Gasteiger partial charge in [-0.25, -0.2) is 0 Å². The zero-order valence-corrected chi connectivity index (χ0v) is 12.7. The minimum absolute atomic E-state index is 0.114. The highest BCUT2D eigenvalue weighted by molar-refractivity contribution is 5.78. The Morgan fingerprint density at radius 3 is 2.26 bits per heavy atom. The van der Waals surface area contributed by atoms with Crippen molar-refractivity contribution in [3.8, 4) is 0 Å². The normalized spacial score (nSPS) is 18.6. The number of ether oxygens (including phenoxy) is 1. The molecule has 0 bridgehead atoms. The third-order valence-corrected chi connectivity index (χ3v) is 3.95. The van der Waals surface area contributed by atoms with E-state index in [0.717, 1.165) is 25.7 Å². The van der Waals surface area contributed by atoms with Crippen molar-refractivity contribution in [2.75, 3.05) is 26.8 Å². The highest BCUT2D eigenvalue weighted by Crippen LogP contribution is 2.23. The molecule has 1 N–H and O–H groups in total. The van der Waals surface area contributed by atoms with Crippen LogP contribution in [0.1, 0.15) is 52.4 Å². The molecule has 0 aromatic heterocycles. The zero-order chi connectivity index (χ0) is 14.3. The summed E-state index contributed by atoms with van der Waals surface area (Å²) < 4.78 is 5.27. The molecule has 19 heavy (non-hydrogen) atoms. The number of aliphatic hydroxyl groups is 1. The molecule has 1 heterocycles. The average Bonchev–Trinajstić information content (AvgIpc) is 2.38. The van der Waals surface area contributed by atoms with Gasteiger partial charge in [-0.15, -0.1) is 0 Å². The number of nitrogens with zero attached hydrogens (tertiary/aromatic N) is 1. The van der Waals surface area contributed by atoms with Gasteiger partial charge >= 0.3 is 0 Å². The molecule has 4 nitrogen and oxygen atoms in total. The van der Waals surface area contributed by atoms with Crippen LogP contribution >= 0.6 is 0 Å². The van der Waals surface area contributed by atoms with Gasteiger partial charge in [0.1, 0.15) is 0 Å². The second-order valence-corrected chi connectivity index (χ2v) is 5.81. The van der Waals surface area contributed by atoms with Crippen LogP contribution < -0.4 is 0 Å². The summed E-state index contributed by atoms with van der Waals surface area (Å²) in [6.07, 6.45) is 5.19. The van der Waals surface area contributed by atoms with E-state index in [-0.39, 0.29) is 11.8 Å².